The predicted octanol–water partition coefficient (Wildman–Crippen LogP) is 12.0. The molecule has 0 aromatic rings. The monoisotopic (exact) mass is 715 g/mol. The van der Waals surface area contributed by atoms with Crippen molar-refractivity contribution in [2.24, 2.45) is 0 Å². The van der Waals surface area contributed by atoms with Crippen molar-refractivity contribution in [1.82, 2.24) is 0 Å². The first-order valence-corrected chi connectivity index (χ1v) is 21.7. The summed E-state index contributed by atoms with van der Waals surface area (Å²) >= 11 is 0. The molecule has 9 heteroatoms. The molecule has 0 bridgehead atoms. The number of ether oxygens (including phenoxy) is 2. The number of allylic oxidation sites excluding steroid dienone is 4. The van der Waals surface area contributed by atoms with Gasteiger partial charge in [0, 0.05) is 12.8 Å². The molecule has 0 saturated carbocycles. The van der Waals surface area contributed by atoms with E-state index in [1.165, 1.54) is 122 Å². The van der Waals surface area contributed by atoms with Gasteiger partial charge >= 0.3 is 19.8 Å². The van der Waals surface area contributed by atoms with E-state index in [2.05, 4.69) is 42.7 Å². The maximum Gasteiger partial charge on any atom is 0.469 e. The number of carbonyl (C=O) groups excluding carboxylic acids is 2. The van der Waals surface area contributed by atoms with Gasteiger partial charge in [-0.2, -0.15) is 0 Å². The molecule has 0 amide bonds. The van der Waals surface area contributed by atoms with E-state index in [1.54, 1.807) is 0 Å². The van der Waals surface area contributed by atoms with Crippen molar-refractivity contribution in [3.05, 3.63) is 24.3 Å². The van der Waals surface area contributed by atoms with Gasteiger partial charge in [0.25, 0.3) is 0 Å². The number of carbonyl (C=O) groups is 2. The quantitative estimate of drug-likeness (QED) is 0.0282. The summed E-state index contributed by atoms with van der Waals surface area (Å²) in [6.45, 7) is 3.66. The van der Waals surface area contributed by atoms with Gasteiger partial charge in [0.05, 0.1) is 6.61 Å². The van der Waals surface area contributed by atoms with E-state index in [0.717, 1.165) is 38.5 Å². The molecule has 8 nitrogen and oxygen atoms in total. The van der Waals surface area contributed by atoms with Crippen LogP contribution in [0.3, 0.4) is 0 Å². The molecule has 0 saturated heterocycles. The lowest BCUT2D eigenvalue weighted by Crippen LogP contribution is -2.29. The van der Waals surface area contributed by atoms with Crippen molar-refractivity contribution in [3.63, 3.8) is 0 Å². The van der Waals surface area contributed by atoms with Gasteiger partial charge in [0.2, 0.25) is 0 Å². The summed E-state index contributed by atoms with van der Waals surface area (Å²) in [5.41, 5.74) is 0. The SMILES string of the molecule is CCCCCCCCCCC/C=C/C/C=C/CCCC(=O)OC[C@H](COP(=O)(O)O)OC(=O)CCCCCCCCCCCCCCCC. The first kappa shape index (κ1) is 47.5. The highest BCUT2D eigenvalue weighted by Crippen LogP contribution is 2.36. The lowest BCUT2D eigenvalue weighted by Gasteiger charge is -2.18. The average Bonchev–Trinajstić information content (AvgIpc) is 3.07. The van der Waals surface area contributed by atoms with Gasteiger partial charge in [0.1, 0.15) is 6.61 Å². The highest BCUT2D eigenvalue weighted by Gasteiger charge is 2.22. The molecule has 0 aliphatic rings. The van der Waals surface area contributed by atoms with Crippen LogP contribution < -0.4 is 0 Å². The second kappa shape index (κ2) is 36.3. The van der Waals surface area contributed by atoms with Gasteiger partial charge in [-0.1, -0.05) is 173 Å². The fourth-order valence-corrected chi connectivity index (χ4v) is 6.07. The van der Waals surface area contributed by atoms with Crippen molar-refractivity contribution in [3.8, 4) is 0 Å². The largest absolute Gasteiger partial charge is 0.469 e. The number of phosphoric ester groups is 1. The zero-order chi connectivity index (χ0) is 36.1. The minimum absolute atomic E-state index is 0.206. The Balaban J connectivity index is 3.98. The van der Waals surface area contributed by atoms with E-state index in [0.29, 0.717) is 12.8 Å². The molecule has 0 rings (SSSR count). The minimum Gasteiger partial charge on any atom is -0.462 e. The van der Waals surface area contributed by atoms with Crippen molar-refractivity contribution in [2.75, 3.05) is 13.2 Å². The van der Waals surface area contributed by atoms with Crippen LogP contribution in [-0.2, 0) is 28.2 Å². The Labute approximate surface area is 300 Å². The molecule has 0 aliphatic heterocycles. The number of hydrogen-bond acceptors (Lipinski definition) is 6. The Morgan fingerprint density at radius 2 is 0.939 bits per heavy atom. The van der Waals surface area contributed by atoms with E-state index < -0.39 is 32.5 Å². The second-order valence-electron chi connectivity index (χ2n) is 13.6. The fraction of sp³-hybridized carbons (Fsp3) is 0.850. The van der Waals surface area contributed by atoms with Crippen LogP contribution in [0, 0.1) is 0 Å². The number of esters is 2. The Morgan fingerprint density at radius 3 is 1.41 bits per heavy atom. The molecule has 0 radical (unpaired) electrons. The van der Waals surface area contributed by atoms with Gasteiger partial charge in [-0.25, -0.2) is 4.57 Å². The smallest absolute Gasteiger partial charge is 0.462 e. The topological polar surface area (TPSA) is 119 Å². The van der Waals surface area contributed by atoms with Crippen LogP contribution in [-0.4, -0.2) is 41.0 Å². The van der Waals surface area contributed by atoms with Crippen LogP contribution in [0.5, 0.6) is 0 Å². The van der Waals surface area contributed by atoms with Crippen LogP contribution in [0.2, 0.25) is 0 Å². The summed E-state index contributed by atoms with van der Waals surface area (Å²) in [7, 11) is -4.76. The van der Waals surface area contributed by atoms with Crippen molar-refractivity contribution < 1.29 is 37.9 Å². The Kier molecular flexibility index (Phi) is 35.2. The van der Waals surface area contributed by atoms with Crippen LogP contribution >= 0.6 is 7.82 Å². The molecule has 0 fully saturated rings. The molecule has 0 aromatic carbocycles. The Morgan fingerprint density at radius 1 is 0.531 bits per heavy atom. The summed E-state index contributed by atoms with van der Waals surface area (Å²) in [5, 5.41) is 0. The van der Waals surface area contributed by atoms with Gasteiger partial charge in [-0.3, -0.25) is 14.1 Å². The van der Waals surface area contributed by atoms with E-state index in [9.17, 15) is 14.2 Å². The van der Waals surface area contributed by atoms with Gasteiger partial charge in [-0.15, -0.1) is 0 Å². The van der Waals surface area contributed by atoms with Crippen LogP contribution in [0.25, 0.3) is 0 Å². The highest BCUT2D eigenvalue weighted by molar-refractivity contribution is 7.46. The van der Waals surface area contributed by atoms with Gasteiger partial charge in [0.15, 0.2) is 6.10 Å². The predicted molar refractivity (Wildman–Crippen MR) is 202 cm³/mol. The first-order valence-electron chi connectivity index (χ1n) is 20.1. The fourth-order valence-electron chi connectivity index (χ4n) is 5.71. The lowest BCUT2D eigenvalue weighted by atomic mass is 10.0. The maximum absolute atomic E-state index is 12.4. The van der Waals surface area contributed by atoms with E-state index >= 15 is 0 Å². The highest BCUT2D eigenvalue weighted by atomic mass is 31.2. The molecular formula is C40H75O8P. The summed E-state index contributed by atoms with van der Waals surface area (Å²) in [6.07, 6.45) is 40.5. The lowest BCUT2D eigenvalue weighted by molar-refractivity contribution is -0.161. The zero-order valence-corrected chi connectivity index (χ0v) is 32.5. The van der Waals surface area contributed by atoms with Gasteiger partial charge in [-0.05, 0) is 38.5 Å². The summed E-state index contributed by atoms with van der Waals surface area (Å²) in [6, 6.07) is 0. The van der Waals surface area contributed by atoms with E-state index in [-0.39, 0.29) is 19.4 Å². The number of phosphoric acid groups is 1. The van der Waals surface area contributed by atoms with E-state index in [4.69, 9.17) is 19.3 Å². The maximum atomic E-state index is 12.4. The van der Waals surface area contributed by atoms with Crippen LogP contribution in [0.15, 0.2) is 24.3 Å². The van der Waals surface area contributed by atoms with Gasteiger partial charge < -0.3 is 19.3 Å². The van der Waals surface area contributed by atoms with Crippen LogP contribution in [0.4, 0.5) is 0 Å². The molecule has 288 valence electrons. The standard InChI is InChI=1S/C40H75O8P/c1-3-5-7-9-11-13-15-17-19-20-21-23-24-26-28-30-32-34-39(41)46-36-38(37-47-49(43,44)45)48-40(42)35-33-31-29-27-25-22-18-16-14-12-10-8-6-4-2/h21,23,26,28,38H,3-20,22,24-25,27,29-37H2,1-2H3,(H2,43,44,45)/b23-21+,28-26+/t38-/m1/s1. The number of rotatable bonds is 37. The molecule has 0 heterocycles. The summed E-state index contributed by atoms with van der Waals surface area (Å²) in [5.74, 6) is -0.930. The minimum atomic E-state index is -4.76. The normalized spacial score (nSPS) is 12.7. The third-order valence-electron chi connectivity index (χ3n) is 8.72. The van der Waals surface area contributed by atoms with E-state index in [1.807, 2.05) is 0 Å². The zero-order valence-electron chi connectivity index (χ0n) is 31.6. The first-order chi connectivity index (χ1) is 23.8. The summed E-state index contributed by atoms with van der Waals surface area (Å²) in [4.78, 5) is 42.7. The summed E-state index contributed by atoms with van der Waals surface area (Å²) < 4.78 is 26.3. The van der Waals surface area contributed by atoms with Crippen molar-refractivity contribution in [1.29, 1.82) is 0 Å². The van der Waals surface area contributed by atoms with Crippen molar-refractivity contribution >= 4 is 19.8 Å². The molecule has 0 aliphatic carbocycles. The average molecular weight is 715 g/mol. The third kappa shape index (κ3) is 39.2. The Hall–Kier alpha value is -1.47. The molecular weight excluding hydrogens is 639 g/mol. The molecule has 0 unspecified atom stereocenters. The molecule has 49 heavy (non-hydrogen) atoms. The number of unbranched alkanes of at least 4 members (excludes halogenated alkanes) is 23. The van der Waals surface area contributed by atoms with Crippen molar-refractivity contribution in [2.45, 2.75) is 206 Å². The third-order valence-corrected chi connectivity index (χ3v) is 9.21. The molecule has 1 atom stereocenters. The number of hydrogen-bond donors (Lipinski definition) is 2. The molecule has 0 aromatic heterocycles. The Bertz CT molecular complexity index is 853. The molecule has 0 spiro atoms. The second-order valence-corrected chi connectivity index (χ2v) is 14.9. The molecule has 2 N–H and O–H groups in total. The van der Waals surface area contributed by atoms with Crippen LogP contribution in [0.1, 0.15) is 200 Å².